The maximum absolute atomic E-state index is 12.7. The number of aromatic nitrogens is 1. The lowest BCUT2D eigenvalue weighted by atomic mass is 9.95. The predicted molar refractivity (Wildman–Crippen MR) is 111 cm³/mol. The molecule has 1 aliphatic rings. The number of rotatable bonds is 7. The topological polar surface area (TPSA) is 107 Å². The van der Waals surface area contributed by atoms with Crippen molar-refractivity contribution in [1.82, 2.24) is 15.6 Å². The molecule has 1 atom stereocenters. The minimum atomic E-state index is -0.729. The number of carbonyl (C=O) groups is 3. The van der Waals surface area contributed by atoms with Crippen LogP contribution < -0.4 is 10.6 Å². The number of esters is 2. The van der Waals surface area contributed by atoms with E-state index in [0.717, 1.165) is 0 Å². The summed E-state index contributed by atoms with van der Waals surface area (Å²) in [6, 6.07) is 11.0. The van der Waals surface area contributed by atoms with Crippen LogP contribution in [0, 0.1) is 0 Å². The molecule has 30 heavy (non-hydrogen) atoms. The van der Waals surface area contributed by atoms with Crippen molar-refractivity contribution < 1.29 is 23.9 Å². The molecule has 1 aromatic carbocycles. The molecule has 3 rings (SSSR count). The zero-order chi connectivity index (χ0) is 21.5. The quantitative estimate of drug-likeness (QED) is 0.517. The Bertz CT molecular complexity index is 978. The second-order valence-corrected chi connectivity index (χ2v) is 6.99. The van der Waals surface area contributed by atoms with E-state index in [-0.39, 0.29) is 24.5 Å². The molecule has 2 aromatic rings. The zero-order valence-corrected chi connectivity index (χ0v) is 17.3. The van der Waals surface area contributed by atoms with E-state index in [9.17, 15) is 14.4 Å². The fourth-order valence-corrected chi connectivity index (χ4v) is 3.54. The van der Waals surface area contributed by atoms with Gasteiger partial charge in [0.25, 0.3) is 0 Å². The van der Waals surface area contributed by atoms with E-state index >= 15 is 0 Å². The second-order valence-electron chi connectivity index (χ2n) is 6.19. The van der Waals surface area contributed by atoms with Crippen LogP contribution in [-0.2, 0) is 14.3 Å². The number of pyridine rings is 1. The summed E-state index contributed by atoms with van der Waals surface area (Å²) >= 11 is 1.32. The third kappa shape index (κ3) is 4.80. The Labute approximate surface area is 178 Å². The average molecular weight is 427 g/mol. The highest BCUT2D eigenvalue weighted by atomic mass is 32.2. The first-order valence-corrected chi connectivity index (χ1v) is 10.5. The predicted octanol–water partition coefficient (Wildman–Crippen LogP) is 2.83. The first-order chi connectivity index (χ1) is 14.5. The molecule has 0 spiro atoms. The third-order valence-corrected chi connectivity index (χ3v) is 5.03. The normalized spacial score (nSPS) is 15.8. The Morgan fingerprint density at radius 2 is 1.87 bits per heavy atom. The lowest BCUT2D eigenvalue weighted by molar-refractivity contribution is -0.139. The molecule has 0 saturated heterocycles. The van der Waals surface area contributed by atoms with E-state index in [0.29, 0.717) is 16.2 Å². The molecule has 2 amide bonds. The second kappa shape index (κ2) is 9.93. The minimum Gasteiger partial charge on any atom is -0.463 e. The van der Waals surface area contributed by atoms with Gasteiger partial charge in [0.15, 0.2) is 0 Å². The first kappa shape index (κ1) is 21.4. The zero-order valence-electron chi connectivity index (χ0n) is 16.5. The number of urea groups is 1. The SMILES string of the molecule is CCOC(=O)C1=C(COC(=O)c2cccnc2SC)NC(=O)NC1c1ccccc1. The molecule has 1 aliphatic heterocycles. The largest absolute Gasteiger partial charge is 0.463 e. The third-order valence-electron chi connectivity index (χ3n) is 4.31. The Hall–Kier alpha value is -3.33. The fourth-order valence-electron chi connectivity index (χ4n) is 3.00. The van der Waals surface area contributed by atoms with Crippen molar-refractivity contribution >= 4 is 29.7 Å². The summed E-state index contributed by atoms with van der Waals surface area (Å²) in [5.74, 6) is -1.21. The van der Waals surface area contributed by atoms with Gasteiger partial charge in [-0.25, -0.2) is 19.4 Å². The number of carbonyl (C=O) groups excluding carboxylic acids is 3. The Morgan fingerprint density at radius 3 is 2.57 bits per heavy atom. The van der Waals surface area contributed by atoms with Crippen molar-refractivity contribution in [3.05, 3.63) is 71.1 Å². The molecule has 9 heteroatoms. The highest BCUT2D eigenvalue weighted by Gasteiger charge is 2.34. The number of hydrogen-bond acceptors (Lipinski definition) is 7. The lowest BCUT2D eigenvalue weighted by Gasteiger charge is -2.29. The van der Waals surface area contributed by atoms with Crippen LogP contribution in [0.25, 0.3) is 0 Å². The van der Waals surface area contributed by atoms with Gasteiger partial charge < -0.3 is 20.1 Å². The number of nitrogens with one attached hydrogen (secondary N) is 2. The minimum absolute atomic E-state index is 0.164. The van der Waals surface area contributed by atoms with Gasteiger partial charge in [-0.05, 0) is 30.9 Å². The number of ether oxygens (including phenoxy) is 2. The van der Waals surface area contributed by atoms with E-state index in [1.54, 1.807) is 55.8 Å². The van der Waals surface area contributed by atoms with Gasteiger partial charge in [0.05, 0.1) is 29.5 Å². The maximum Gasteiger partial charge on any atom is 0.341 e. The van der Waals surface area contributed by atoms with Crippen LogP contribution in [0.2, 0.25) is 0 Å². The van der Waals surface area contributed by atoms with E-state index in [2.05, 4.69) is 15.6 Å². The Morgan fingerprint density at radius 1 is 1.10 bits per heavy atom. The van der Waals surface area contributed by atoms with Crippen molar-refractivity contribution in [2.75, 3.05) is 19.5 Å². The number of thioether (sulfide) groups is 1. The van der Waals surface area contributed by atoms with Crippen LogP contribution in [0.4, 0.5) is 4.79 Å². The fraction of sp³-hybridized carbons (Fsp3) is 0.238. The van der Waals surface area contributed by atoms with Gasteiger partial charge in [-0.3, -0.25) is 0 Å². The summed E-state index contributed by atoms with van der Waals surface area (Å²) in [5.41, 5.74) is 1.38. The molecule has 0 bridgehead atoms. The molecular formula is C21H21N3O5S. The van der Waals surface area contributed by atoms with Crippen molar-refractivity contribution in [3.8, 4) is 0 Å². The molecule has 0 aliphatic carbocycles. The number of benzene rings is 1. The summed E-state index contributed by atoms with van der Waals surface area (Å²) in [6.07, 6.45) is 3.39. The standard InChI is InChI=1S/C21H21N3O5S/c1-3-28-20(26)16-15(12-29-19(25)14-10-7-11-22-18(14)30-2)23-21(27)24-17(16)13-8-5-4-6-9-13/h4-11,17H,3,12H2,1-2H3,(H2,23,24,27). The van der Waals surface area contributed by atoms with Gasteiger partial charge in [-0.1, -0.05) is 30.3 Å². The summed E-state index contributed by atoms with van der Waals surface area (Å²) < 4.78 is 10.6. The highest BCUT2D eigenvalue weighted by Crippen LogP contribution is 2.28. The lowest BCUT2D eigenvalue weighted by Crippen LogP contribution is -2.47. The average Bonchev–Trinajstić information content (AvgIpc) is 2.77. The molecule has 2 heterocycles. The Balaban J connectivity index is 1.92. The number of nitrogens with zero attached hydrogens (tertiary/aromatic N) is 1. The van der Waals surface area contributed by atoms with Gasteiger partial charge in [0, 0.05) is 6.20 Å². The molecule has 2 N–H and O–H groups in total. The Kier molecular flexibility index (Phi) is 7.08. The van der Waals surface area contributed by atoms with Crippen LogP contribution in [0.3, 0.4) is 0 Å². The van der Waals surface area contributed by atoms with Crippen LogP contribution in [0.15, 0.2) is 65.0 Å². The highest BCUT2D eigenvalue weighted by molar-refractivity contribution is 7.98. The van der Waals surface area contributed by atoms with E-state index in [1.165, 1.54) is 11.8 Å². The molecule has 0 radical (unpaired) electrons. The van der Waals surface area contributed by atoms with E-state index in [4.69, 9.17) is 9.47 Å². The maximum atomic E-state index is 12.7. The van der Waals surface area contributed by atoms with Crippen LogP contribution in [0.5, 0.6) is 0 Å². The summed E-state index contributed by atoms with van der Waals surface area (Å²) in [4.78, 5) is 41.6. The first-order valence-electron chi connectivity index (χ1n) is 9.23. The molecule has 1 aromatic heterocycles. The van der Waals surface area contributed by atoms with Gasteiger partial charge in [0.2, 0.25) is 0 Å². The van der Waals surface area contributed by atoms with Crippen LogP contribution in [-0.4, -0.2) is 42.4 Å². The summed E-state index contributed by atoms with van der Waals surface area (Å²) in [5, 5.41) is 5.83. The summed E-state index contributed by atoms with van der Waals surface area (Å²) in [7, 11) is 0. The van der Waals surface area contributed by atoms with Crippen LogP contribution >= 0.6 is 11.8 Å². The van der Waals surface area contributed by atoms with E-state index in [1.807, 2.05) is 6.07 Å². The molecule has 156 valence electrons. The number of hydrogen-bond donors (Lipinski definition) is 2. The van der Waals surface area contributed by atoms with Crippen molar-refractivity contribution in [3.63, 3.8) is 0 Å². The molecule has 0 fully saturated rings. The van der Waals surface area contributed by atoms with Crippen molar-refractivity contribution in [1.29, 1.82) is 0 Å². The molecular weight excluding hydrogens is 406 g/mol. The number of amides is 2. The monoisotopic (exact) mass is 427 g/mol. The van der Waals surface area contributed by atoms with Gasteiger partial charge in [-0.15, -0.1) is 11.8 Å². The van der Waals surface area contributed by atoms with Crippen molar-refractivity contribution in [2.45, 2.75) is 18.0 Å². The molecule has 0 saturated carbocycles. The van der Waals surface area contributed by atoms with Gasteiger partial charge in [0.1, 0.15) is 11.6 Å². The van der Waals surface area contributed by atoms with E-state index < -0.39 is 24.0 Å². The summed E-state index contributed by atoms with van der Waals surface area (Å²) in [6.45, 7) is 1.56. The molecule has 8 nitrogen and oxygen atoms in total. The molecule has 1 unspecified atom stereocenters. The van der Waals surface area contributed by atoms with Crippen LogP contribution in [0.1, 0.15) is 28.9 Å². The van der Waals surface area contributed by atoms with Gasteiger partial charge >= 0.3 is 18.0 Å². The van der Waals surface area contributed by atoms with Crippen molar-refractivity contribution in [2.24, 2.45) is 0 Å². The van der Waals surface area contributed by atoms with Gasteiger partial charge in [-0.2, -0.15) is 0 Å². The smallest absolute Gasteiger partial charge is 0.341 e.